The molecule has 122 valence electrons. The van der Waals surface area contributed by atoms with E-state index in [-0.39, 0.29) is 12.5 Å². The first-order valence-corrected chi connectivity index (χ1v) is 7.90. The monoisotopic (exact) mass is 316 g/mol. The van der Waals surface area contributed by atoms with Crippen molar-refractivity contribution in [2.45, 2.75) is 37.6 Å². The quantitative estimate of drug-likeness (QED) is 0.487. The number of rotatable bonds is 3. The van der Waals surface area contributed by atoms with E-state index in [9.17, 15) is 14.4 Å². The zero-order valence-corrected chi connectivity index (χ0v) is 13.2. The van der Waals surface area contributed by atoms with E-state index in [0.29, 0.717) is 18.6 Å². The van der Waals surface area contributed by atoms with Crippen LogP contribution in [0.3, 0.4) is 0 Å². The SMILES string of the molecule is CN1C(=O)N(CC(=O)Oc2ccccc2)C(=O)C12CCCCC2. The molecule has 1 aliphatic heterocycles. The van der Waals surface area contributed by atoms with E-state index in [2.05, 4.69) is 0 Å². The second-order valence-electron chi connectivity index (χ2n) is 6.11. The minimum absolute atomic E-state index is 0.269. The number of benzene rings is 1. The number of hydrogen-bond acceptors (Lipinski definition) is 4. The van der Waals surface area contributed by atoms with E-state index in [4.69, 9.17) is 4.74 Å². The molecule has 6 heteroatoms. The fourth-order valence-electron chi connectivity index (χ4n) is 3.45. The van der Waals surface area contributed by atoms with Gasteiger partial charge in [-0.2, -0.15) is 0 Å². The third-order valence-electron chi connectivity index (χ3n) is 4.75. The summed E-state index contributed by atoms with van der Waals surface area (Å²) >= 11 is 0. The third kappa shape index (κ3) is 2.69. The van der Waals surface area contributed by atoms with Crippen LogP contribution < -0.4 is 4.74 Å². The molecule has 1 aliphatic carbocycles. The molecule has 1 saturated carbocycles. The molecule has 0 aromatic heterocycles. The van der Waals surface area contributed by atoms with Crippen molar-refractivity contribution in [2.24, 2.45) is 0 Å². The third-order valence-corrected chi connectivity index (χ3v) is 4.75. The molecule has 0 atom stereocenters. The number of urea groups is 1. The van der Waals surface area contributed by atoms with Gasteiger partial charge in [-0.25, -0.2) is 9.59 Å². The molecule has 1 heterocycles. The predicted octanol–water partition coefficient (Wildman–Crippen LogP) is 2.19. The van der Waals surface area contributed by atoms with E-state index in [1.54, 1.807) is 31.3 Å². The van der Waals surface area contributed by atoms with Crippen molar-refractivity contribution >= 4 is 17.9 Å². The van der Waals surface area contributed by atoms with Crippen LogP contribution in [0.2, 0.25) is 0 Å². The van der Waals surface area contributed by atoms with Gasteiger partial charge in [-0.15, -0.1) is 0 Å². The average molecular weight is 316 g/mol. The van der Waals surface area contributed by atoms with E-state index >= 15 is 0 Å². The molecule has 0 bridgehead atoms. The van der Waals surface area contributed by atoms with E-state index in [1.807, 2.05) is 6.07 Å². The molecule has 0 unspecified atom stereocenters. The van der Waals surface area contributed by atoms with Crippen molar-refractivity contribution in [3.8, 4) is 5.75 Å². The van der Waals surface area contributed by atoms with Crippen molar-refractivity contribution < 1.29 is 19.1 Å². The van der Waals surface area contributed by atoms with Gasteiger partial charge in [-0.1, -0.05) is 37.5 Å². The molecule has 1 aromatic rings. The molecule has 1 saturated heterocycles. The minimum Gasteiger partial charge on any atom is -0.425 e. The molecule has 2 aliphatic rings. The lowest BCUT2D eigenvalue weighted by molar-refractivity contribution is -0.142. The van der Waals surface area contributed by atoms with Crippen LogP contribution in [0.25, 0.3) is 0 Å². The highest BCUT2D eigenvalue weighted by Crippen LogP contribution is 2.39. The Kier molecular flexibility index (Phi) is 4.07. The molecule has 1 spiro atoms. The number of carbonyl (C=O) groups excluding carboxylic acids is 3. The molecule has 0 N–H and O–H groups in total. The van der Waals surface area contributed by atoms with Crippen LogP contribution >= 0.6 is 0 Å². The van der Waals surface area contributed by atoms with Crippen LogP contribution in [0.15, 0.2) is 30.3 Å². The molecular weight excluding hydrogens is 296 g/mol. The predicted molar refractivity (Wildman–Crippen MR) is 82.8 cm³/mol. The van der Waals surface area contributed by atoms with Gasteiger partial charge in [0.1, 0.15) is 17.8 Å². The van der Waals surface area contributed by atoms with Gasteiger partial charge in [0.25, 0.3) is 5.91 Å². The minimum atomic E-state index is -0.762. The van der Waals surface area contributed by atoms with Crippen molar-refractivity contribution in [1.82, 2.24) is 9.80 Å². The summed E-state index contributed by atoms with van der Waals surface area (Å²) in [5.41, 5.74) is -0.762. The highest BCUT2D eigenvalue weighted by Gasteiger charge is 2.55. The maximum absolute atomic E-state index is 12.7. The van der Waals surface area contributed by atoms with Gasteiger partial charge >= 0.3 is 12.0 Å². The summed E-state index contributed by atoms with van der Waals surface area (Å²) in [7, 11) is 1.65. The van der Waals surface area contributed by atoms with Gasteiger partial charge in [0.05, 0.1) is 0 Å². The number of amides is 3. The summed E-state index contributed by atoms with van der Waals surface area (Å²) in [5.74, 6) is -0.480. The number of nitrogens with zero attached hydrogens (tertiary/aromatic N) is 2. The summed E-state index contributed by atoms with van der Waals surface area (Å²) in [4.78, 5) is 39.7. The Morgan fingerprint density at radius 1 is 1.13 bits per heavy atom. The Morgan fingerprint density at radius 3 is 2.43 bits per heavy atom. The van der Waals surface area contributed by atoms with Crippen LogP contribution in [-0.4, -0.2) is 46.8 Å². The zero-order chi connectivity index (χ0) is 16.4. The second kappa shape index (κ2) is 6.02. The maximum Gasteiger partial charge on any atom is 0.331 e. The van der Waals surface area contributed by atoms with Gasteiger partial charge in [-0.05, 0) is 25.0 Å². The number of hydrogen-bond donors (Lipinski definition) is 0. The lowest BCUT2D eigenvalue weighted by Gasteiger charge is -2.35. The number of likely N-dealkylation sites (N-methyl/N-ethyl adjacent to an activating group) is 1. The Balaban J connectivity index is 1.71. The van der Waals surface area contributed by atoms with E-state index < -0.39 is 17.5 Å². The fourth-order valence-corrected chi connectivity index (χ4v) is 3.45. The van der Waals surface area contributed by atoms with Crippen molar-refractivity contribution in [1.29, 1.82) is 0 Å². The Hall–Kier alpha value is -2.37. The second-order valence-corrected chi connectivity index (χ2v) is 6.11. The van der Waals surface area contributed by atoms with Crippen LogP contribution in [0, 0.1) is 0 Å². The summed E-state index contributed by atoms with van der Waals surface area (Å²) in [5, 5.41) is 0. The highest BCUT2D eigenvalue weighted by atomic mass is 16.5. The number of ether oxygens (including phenoxy) is 1. The van der Waals surface area contributed by atoms with Gasteiger partial charge in [0.15, 0.2) is 0 Å². The molecule has 3 amide bonds. The molecular formula is C17H20N2O4. The van der Waals surface area contributed by atoms with Crippen LogP contribution in [-0.2, 0) is 9.59 Å². The average Bonchev–Trinajstić information content (AvgIpc) is 2.73. The first kappa shape index (κ1) is 15.5. The largest absolute Gasteiger partial charge is 0.425 e. The van der Waals surface area contributed by atoms with Crippen LogP contribution in [0.5, 0.6) is 5.75 Å². The maximum atomic E-state index is 12.7. The smallest absolute Gasteiger partial charge is 0.331 e. The highest BCUT2D eigenvalue weighted by molar-refractivity contribution is 6.08. The van der Waals surface area contributed by atoms with Crippen LogP contribution in [0.4, 0.5) is 4.79 Å². The first-order chi connectivity index (χ1) is 11.0. The Labute approximate surface area is 135 Å². The Morgan fingerprint density at radius 2 is 1.78 bits per heavy atom. The molecule has 3 rings (SSSR count). The molecule has 23 heavy (non-hydrogen) atoms. The number of carbonyl (C=O) groups is 3. The molecule has 1 aromatic carbocycles. The summed E-state index contributed by atoms with van der Waals surface area (Å²) in [6, 6.07) is 8.20. The van der Waals surface area contributed by atoms with E-state index in [0.717, 1.165) is 24.2 Å². The van der Waals surface area contributed by atoms with Gasteiger partial charge in [-0.3, -0.25) is 9.69 Å². The number of imide groups is 1. The summed E-state index contributed by atoms with van der Waals surface area (Å²) in [6.45, 7) is -0.349. The van der Waals surface area contributed by atoms with Crippen molar-refractivity contribution in [2.75, 3.05) is 13.6 Å². The zero-order valence-electron chi connectivity index (χ0n) is 13.2. The normalized spacial score (nSPS) is 20.2. The molecule has 2 fully saturated rings. The lowest BCUT2D eigenvalue weighted by Crippen LogP contribution is -2.49. The molecule has 6 nitrogen and oxygen atoms in total. The fraction of sp³-hybridized carbons (Fsp3) is 0.471. The summed E-state index contributed by atoms with van der Waals surface area (Å²) < 4.78 is 5.18. The topological polar surface area (TPSA) is 66.9 Å². The van der Waals surface area contributed by atoms with Crippen molar-refractivity contribution in [3.63, 3.8) is 0 Å². The van der Waals surface area contributed by atoms with Gasteiger partial charge in [0.2, 0.25) is 0 Å². The van der Waals surface area contributed by atoms with Crippen LogP contribution in [0.1, 0.15) is 32.1 Å². The van der Waals surface area contributed by atoms with E-state index in [1.165, 1.54) is 4.90 Å². The lowest BCUT2D eigenvalue weighted by atomic mass is 9.81. The van der Waals surface area contributed by atoms with Crippen molar-refractivity contribution in [3.05, 3.63) is 30.3 Å². The number of esters is 1. The van der Waals surface area contributed by atoms with Gasteiger partial charge < -0.3 is 9.64 Å². The Bertz CT molecular complexity index is 623. The number of para-hydroxylation sites is 1. The van der Waals surface area contributed by atoms with Gasteiger partial charge in [0, 0.05) is 7.05 Å². The summed E-state index contributed by atoms with van der Waals surface area (Å²) in [6.07, 6.45) is 4.25. The molecule has 0 radical (unpaired) electrons. The standard InChI is InChI=1S/C17H20N2O4/c1-18-16(22)19(15(21)17(18)10-6-3-7-11-17)12-14(20)23-13-8-4-2-5-9-13/h2,4-5,8-9H,3,6-7,10-12H2,1H3. The first-order valence-electron chi connectivity index (χ1n) is 7.90.